The summed E-state index contributed by atoms with van der Waals surface area (Å²) < 4.78 is 2.36. The smallest absolute Gasteiger partial charge is 0.113 e. The molecule has 1 atom stereocenters. The van der Waals surface area contributed by atoms with Crippen LogP contribution < -0.4 is 0 Å². The molecule has 1 aromatic heterocycles. The Kier molecular flexibility index (Phi) is 2.62. The second-order valence-electron chi connectivity index (χ2n) is 4.98. The summed E-state index contributed by atoms with van der Waals surface area (Å²) in [5.41, 5.74) is 2.16. The van der Waals surface area contributed by atoms with Crippen LogP contribution in [0.25, 0.3) is 11.0 Å². The van der Waals surface area contributed by atoms with Crippen LogP contribution in [0.15, 0.2) is 18.2 Å². The van der Waals surface area contributed by atoms with Crippen molar-refractivity contribution < 1.29 is 0 Å². The van der Waals surface area contributed by atoms with Gasteiger partial charge < -0.3 is 4.57 Å². The summed E-state index contributed by atoms with van der Waals surface area (Å²) >= 11 is 6.34. The molecule has 17 heavy (non-hydrogen) atoms. The van der Waals surface area contributed by atoms with Crippen molar-refractivity contribution in [2.75, 3.05) is 0 Å². The molecule has 1 heterocycles. The first-order chi connectivity index (χ1) is 8.22. The number of hydrogen-bond donors (Lipinski definition) is 0. The Morgan fingerprint density at radius 2 is 2.24 bits per heavy atom. The van der Waals surface area contributed by atoms with Crippen molar-refractivity contribution in [2.24, 2.45) is 0 Å². The molecule has 1 aliphatic rings. The molecule has 3 rings (SSSR count). The third-order valence-corrected chi connectivity index (χ3v) is 3.97. The zero-order valence-corrected chi connectivity index (χ0v) is 11.0. The van der Waals surface area contributed by atoms with Gasteiger partial charge in [-0.05, 0) is 38.3 Å². The van der Waals surface area contributed by atoms with Crippen molar-refractivity contribution in [1.29, 1.82) is 0 Å². The predicted molar refractivity (Wildman–Crippen MR) is 71.7 cm³/mol. The van der Waals surface area contributed by atoms with Gasteiger partial charge in [-0.1, -0.05) is 24.6 Å². The molecule has 0 spiro atoms. The summed E-state index contributed by atoms with van der Waals surface area (Å²) in [6.45, 7) is 4.46. The predicted octanol–water partition coefficient (Wildman–Crippen LogP) is 4.54. The van der Waals surface area contributed by atoms with E-state index in [1.807, 2.05) is 12.1 Å². The number of rotatable bonds is 3. The molecule has 0 aliphatic heterocycles. The standard InChI is InChI=1S/C14H17ClN2/c1-3-9(2)17-13-11(15)5-4-6-12(13)16-14(17)10-7-8-10/h4-6,9-10H,3,7-8H2,1-2H3. The SMILES string of the molecule is CCC(C)n1c(C2CC2)nc2cccc(Cl)c21. The fraction of sp³-hybridized carbons (Fsp3) is 0.500. The van der Waals surface area contributed by atoms with Crippen LogP contribution in [0.3, 0.4) is 0 Å². The van der Waals surface area contributed by atoms with E-state index in [9.17, 15) is 0 Å². The Morgan fingerprint density at radius 1 is 1.47 bits per heavy atom. The van der Waals surface area contributed by atoms with Gasteiger partial charge in [0.25, 0.3) is 0 Å². The highest BCUT2D eigenvalue weighted by molar-refractivity contribution is 6.35. The van der Waals surface area contributed by atoms with Crippen molar-refractivity contribution in [1.82, 2.24) is 9.55 Å². The van der Waals surface area contributed by atoms with Gasteiger partial charge in [-0.15, -0.1) is 0 Å². The van der Waals surface area contributed by atoms with Crippen LogP contribution in [0.1, 0.15) is 50.9 Å². The number of imidazole rings is 1. The summed E-state index contributed by atoms with van der Waals surface area (Å²) in [6.07, 6.45) is 3.66. The number of para-hydroxylation sites is 1. The molecule has 2 nitrogen and oxygen atoms in total. The van der Waals surface area contributed by atoms with E-state index in [0.717, 1.165) is 22.5 Å². The largest absolute Gasteiger partial charge is 0.324 e. The maximum Gasteiger partial charge on any atom is 0.113 e. The van der Waals surface area contributed by atoms with Crippen LogP contribution in [0.2, 0.25) is 5.02 Å². The first-order valence-electron chi connectivity index (χ1n) is 6.38. The van der Waals surface area contributed by atoms with Crippen molar-refractivity contribution in [3.8, 4) is 0 Å². The van der Waals surface area contributed by atoms with E-state index in [1.54, 1.807) is 0 Å². The van der Waals surface area contributed by atoms with Gasteiger partial charge in [0.2, 0.25) is 0 Å². The van der Waals surface area contributed by atoms with Gasteiger partial charge in [-0.25, -0.2) is 4.98 Å². The van der Waals surface area contributed by atoms with Crippen molar-refractivity contribution >= 4 is 22.6 Å². The summed E-state index contributed by atoms with van der Waals surface area (Å²) in [5.74, 6) is 1.90. The number of halogens is 1. The summed E-state index contributed by atoms with van der Waals surface area (Å²) in [4.78, 5) is 4.78. The molecule has 0 N–H and O–H groups in total. The molecule has 1 saturated carbocycles. The Bertz CT molecular complexity index is 555. The fourth-order valence-electron chi connectivity index (χ4n) is 2.38. The lowest BCUT2D eigenvalue weighted by Gasteiger charge is -2.16. The van der Waals surface area contributed by atoms with Crippen LogP contribution in [-0.2, 0) is 0 Å². The second-order valence-corrected chi connectivity index (χ2v) is 5.39. The Labute approximate surface area is 107 Å². The van der Waals surface area contributed by atoms with Crippen molar-refractivity contribution in [3.63, 3.8) is 0 Å². The molecule has 0 radical (unpaired) electrons. The van der Waals surface area contributed by atoms with Gasteiger partial charge in [-0.2, -0.15) is 0 Å². The minimum Gasteiger partial charge on any atom is -0.324 e. The van der Waals surface area contributed by atoms with Gasteiger partial charge in [0.15, 0.2) is 0 Å². The highest BCUT2D eigenvalue weighted by atomic mass is 35.5. The Morgan fingerprint density at radius 3 is 2.88 bits per heavy atom. The summed E-state index contributed by atoms with van der Waals surface area (Å²) in [6, 6.07) is 6.47. The number of benzene rings is 1. The van der Waals surface area contributed by atoms with Crippen LogP contribution >= 0.6 is 11.6 Å². The quantitative estimate of drug-likeness (QED) is 0.780. The average Bonchev–Trinajstić information content (AvgIpc) is 3.09. The molecule has 1 aromatic carbocycles. The van der Waals surface area contributed by atoms with Gasteiger partial charge in [0.05, 0.1) is 16.1 Å². The molecule has 90 valence electrons. The fourth-order valence-corrected chi connectivity index (χ4v) is 2.64. The highest BCUT2D eigenvalue weighted by Crippen LogP contribution is 2.43. The number of fused-ring (bicyclic) bond motifs is 1. The van der Waals surface area contributed by atoms with E-state index in [-0.39, 0.29) is 0 Å². The lowest BCUT2D eigenvalue weighted by molar-refractivity contribution is 0.522. The average molecular weight is 249 g/mol. The minimum absolute atomic E-state index is 0.468. The van der Waals surface area contributed by atoms with E-state index in [0.29, 0.717) is 12.0 Å². The number of nitrogens with zero attached hydrogens (tertiary/aromatic N) is 2. The maximum atomic E-state index is 6.34. The molecule has 3 heteroatoms. The highest BCUT2D eigenvalue weighted by Gasteiger charge is 2.31. The van der Waals surface area contributed by atoms with E-state index < -0.39 is 0 Å². The Hall–Kier alpha value is -1.02. The number of hydrogen-bond acceptors (Lipinski definition) is 1. The van der Waals surface area contributed by atoms with Crippen LogP contribution in [0, 0.1) is 0 Å². The molecule has 0 amide bonds. The maximum absolute atomic E-state index is 6.34. The molecule has 0 saturated heterocycles. The van der Waals surface area contributed by atoms with Crippen LogP contribution in [0.5, 0.6) is 0 Å². The topological polar surface area (TPSA) is 17.8 Å². The third-order valence-electron chi connectivity index (χ3n) is 3.66. The van der Waals surface area contributed by atoms with E-state index >= 15 is 0 Å². The molecule has 0 bridgehead atoms. The van der Waals surface area contributed by atoms with Gasteiger partial charge >= 0.3 is 0 Å². The van der Waals surface area contributed by atoms with Crippen molar-refractivity contribution in [2.45, 2.75) is 45.1 Å². The molecule has 2 aromatic rings. The van der Waals surface area contributed by atoms with Crippen LogP contribution in [-0.4, -0.2) is 9.55 Å². The first-order valence-corrected chi connectivity index (χ1v) is 6.76. The zero-order valence-electron chi connectivity index (χ0n) is 10.3. The lowest BCUT2D eigenvalue weighted by Crippen LogP contribution is -2.08. The molecular weight excluding hydrogens is 232 g/mol. The van der Waals surface area contributed by atoms with Gasteiger partial charge in [-0.3, -0.25) is 0 Å². The zero-order chi connectivity index (χ0) is 12.0. The number of aromatic nitrogens is 2. The summed E-state index contributed by atoms with van der Waals surface area (Å²) in [5, 5.41) is 0.821. The van der Waals surface area contributed by atoms with Crippen molar-refractivity contribution in [3.05, 3.63) is 29.0 Å². The molecule has 1 aliphatic carbocycles. The monoisotopic (exact) mass is 248 g/mol. The van der Waals surface area contributed by atoms with E-state index in [4.69, 9.17) is 16.6 Å². The minimum atomic E-state index is 0.468. The summed E-state index contributed by atoms with van der Waals surface area (Å²) in [7, 11) is 0. The molecule has 1 unspecified atom stereocenters. The second kappa shape index (κ2) is 4.02. The van der Waals surface area contributed by atoms with E-state index in [1.165, 1.54) is 18.7 Å². The molecule has 1 fully saturated rings. The van der Waals surface area contributed by atoms with Gasteiger partial charge in [0, 0.05) is 12.0 Å². The van der Waals surface area contributed by atoms with E-state index in [2.05, 4.69) is 24.5 Å². The lowest BCUT2D eigenvalue weighted by atomic mass is 10.2. The molecular formula is C14H17ClN2. The first kappa shape index (κ1) is 11.1. The Balaban J connectivity index is 2.28. The third kappa shape index (κ3) is 1.75. The van der Waals surface area contributed by atoms with Gasteiger partial charge in [0.1, 0.15) is 5.82 Å². The van der Waals surface area contributed by atoms with Crippen LogP contribution in [0.4, 0.5) is 0 Å². The normalized spacial score (nSPS) is 17.6.